The van der Waals surface area contributed by atoms with Crippen molar-refractivity contribution in [3.8, 4) is 0 Å². The predicted molar refractivity (Wildman–Crippen MR) is 447 cm³/mol. The van der Waals surface area contributed by atoms with Crippen molar-refractivity contribution in [1.82, 2.24) is 5.32 Å². The maximum absolute atomic E-state index is 13.5. The SMILES string of the molecule is CC/C=C\C/C=C\C/C=C\C/C=C\C/C=C\C/C=C\C/C=C\C/C=C\C/C=C\C/C=C\CCCCCCCCCCCCC(=O)NC(COC1OC(CO)C(OC2OC(CO)C(OC3OC(CO)C(O)C(O)C3O)C(O)C2O)C(O)C1O)C(O)CCCCCCCCCCCCCCCCCCCCCCCCCCC. The molecule has 3 aliphatic heterocycles. The molecule has 0 aliphatic carbocycles. The van der Waals surface area contributed by atoms with Crippen molar-refractivity contribution in [2.75, 3.05) is 26.4 Å². The monoisotopic (exact) mass is 1570 g/mol. The van der Waals surface area contributed by atoms with Gasteiger partial charge >= 0.3 is 0 Å². The van der Waals surface area contributed by atoms with Crippen LogP contribution in [0.2, 0.25) is 0 Å². The van der Waals surface area contributed by atoms with Crippen LogP contribution in [0.1, 0.15) is 322 Å². The van der Waals surface area contributed by atoms with Gasteiger partial charge < -0.3 is 89.9 Å². The predicted octanol–water partition coefficient (Wildman–Crippen LogP) is 16.6. The van der Waals surface area contributed by atoms with Gasteiger partial charge in [0.15, 0.2) is 18.9 Å². The molecular weight excluding hydrogens is 1410 g/mol. The maximum Gasteiger partial charge on any atom is 0.220 e. The summed E-state index contributed by atoms with van der Waals surface area (Å²) in [4.78, 5) is 13.5. The number of carbonyl (C=O) groups is 1. The van der Waals surface area contributed by atoms with Crippen LogP contribution >= 0.6 is 0 Å². The first-order valence-corrected chi connectivity index (χ1v) is 44.3. The molecule has 3 aliphatic rings. The van der Waals surface area contributed by atoms with E-state index in [0.29, 0.717) is 12.8 Å². The third-order valence-electron chi connectivity index (χ3n) is 21.3. The number of rotatable bonds is 70. The normalized spacial score (nSPS) is 25.6. The molecule has 111 heavy (non-hydrogen) atoms. The van der Waals surface area contributed by atoms with E-state index >= 15 is 0 Å². The van der Waals surface area contributed by atoms with E-state index in [0.717, 1.165) is 122 Å². The van der Waals surface area contributed by atoms with Crippen LogP contribution in [0, 0.1) is 0 Å². The molecule has 640 valence electrons. The third kappa shape index (κ3) is 49.1. The topological polar surface area (TPSA) is 307 Å². The standard InChI is InChI=1S/C92H159NO18/c1-3-5-7-9-11-13-15-17-19-21-23-25-27-29-30-31-32-33-34-35-36-37-38-39-40-41-42-43-44-46-48-50-52-54-56-58-60-62-64-66-68-70-80(98)93-75(76(97)69-67-65-63-61-59-57-55-53-51-49-47-45-28-26-24-22-20-18-16-14-12-10-8-6-4-2)74-106-90-86(104)83(101)88(78(72-95)108-90)111-92-87(105)84(102)89(79(73-96)109-92)110-91-85(103)82(100)81(99)77(71-94)107-91/h5,7,11,13,17,19,23,25,29-30,32-33,35-36,38-39,41-42,44,46,75-79,81-92,94-97,99-105H,3-4,6,8-10,12,14-16,18,20-22,24,26-28,31,34,37,40,43,45,47-74H2,1-2H3,(H,93,98)/b7-5-,13-11-,19-17-,25-23-,30-29-,33-32-,36-35-,39-38-,42-41-,46-44-. The molecule has 17 atom stereocenters. The first-order chi connectivity index (χ1) is 54.3. The lowest BCUT2D eigenvalue weighted by molar-refractivity contribution is -0.379. The van der Waals surface area contributed by atoms with Crippen LogP contribution in [0.15, 0.2) is 122 Å². The molecule has 0 aromatic carbocycles. The number of nitrogens with one attached hydrogen (secondary N) is 1. The van der Waals surface area contributed by atoms with Crippen LogP contribution in [0.3, 0.4) is 0 Å². The second-order valence-corrected chi connectivity index (χ2v) is 31.0. The zero-order valence-corrected chi connectivity index (χ0v) is 68.9. The minimum Gasteiger partial charge on any atom is -0.394 e. The summed E-state index contributed by atoms with van der Waals surface area (Å²) in [6.45, 7) is 1.72. The van der Waals surface area contributed by atoms with Crippen LogP contribution in [-0.4, -0.2) is 193 Å². The Morgan fingerprint density at radius 3 is 0.973 bits per heavy atom. The average Bonchev–Trinajstić information content (AvgIpc) is 0.780. The molecule has 3 heterocycles. The number of hydrogen-bond donors (Lipinski definition) is 12. The number of hydrogen-bond acceptors (Lipinski definition) is 18. The van der Waals surface area contributed by atoms with Crippen molar-refractivity contribution in [1.29, 1.82) is 0 Å². The molecule has 3 fully saturated rings. The van der Waals surface area contributed by atoms with Gasteiger partial charge in [0, 0.05) is 6.42 Å². The van der Waals surface area contributed by atoms with Crippen LogP contribution in [0.25, 0.3) is 0 Å². The van der Waals surface area contributed by atoms with E-state index in [1.807, 2.05) is 0 Å². The lowest BCUT2D eigenvalue weighted by atomic mass is 9.96. The Balaban J connectivity index is 1.33. The summed E-state index contributed by atoms with van der Waals surface area (Å²) in [5.41, 5.74) is 0. The fourth-order valence-electron chi connectivity index (χ4n) is 14.3. The highest BCUT2D eigenvalue weighted by Gasteiger charge is 2.54. The van der Waals surface area contributed by atoms with Crippen LogP contribution in [0.4, 0.5) is 0 Å². The highest BCUT2D eigenvalue weighted by Crippen LogP contribution is 2.33. The van der Waals surface area contributed by atoms with Gasteiger partial charge in [-0.2, -0.15) is 0 Å². The molecule has 0 aromatic heterocycles. The molecule has 1 amide bonds. The summed E-state index contributed by atoms with van der Waals surface area (Å²) in [6, 6.07) is -0.899. The first kappa shape index (κ1) is 101. The van der Waals surface area contributed by atoms with Crippen LogP contribution in [0.5, 0.6) is 0 Å². The van der Waals surface area contributed by atoms with Crippen molar-refractivity contribution >= 4 is 5.91 Å². The molecule has 0 bridgehead atoms. The summed E-state index contributed by atoms with van der Waals surface area (Å²) >= 11 is 0. The Morgan fingerprint density at radius 1 is 0.333 bits per heavy atom. The molecule has 19 nitrogen and oxygen atoms in total. The van der Waals surface area contributed by atoms with Crippen molar-refractivity contribution in [2.24, 2.45) is 0 Å². The first-order valence-electron chi connectivity index (χ1n) is 44.3. The van der Waals surface area contributed by atoms with E-state index in [9.17, 15) is 61.0 Å². The lowest BCUT2D eigenvalue weighted by Crippen LogP contribution is -2.66. The van der Waals surface area contributed by atoms with Crippen LogP contribution in [-0.2, 0) is 33.2 Å². The number of amides is 1. The van der Waals surface area contributed by atoms with Gasteiger partial charge in [-0.15, -0.1) is 0 Å². The Labute approximate surface area is 671 Å². The molecular formula is C92H159NO18. The van der Waals surface area contributed by atoms with E-state index in [1.165, 1.54) is 167 Å². The summed E-state index contributed by atoms with van der Waals surface area (Å²) in [6.07, 6.45) is 72.8. The minimum atomic E-state index is -1.98. The summed E-state index contributed by atoms with van der Waals surface area (Å²) in [7, 11) is 0. The molecule has 0 radical (unpaired) electrons. The third-order valence-corrected chi connectivity index (χ3v) is 21.3. The number of aliphatic hydroxyl groups excluding tert-OH is 11. The largest absolute Gasteiger partial charge is 0.394 e. The van der Waals surface area contributed by atoms with E-state index in [1.54, 1.807) is 0 Å². The summed E-state index contributed by atoms with van der Waals surface area (Å²) in [5, 5.41) is 121. The zero-order chi connectivity index (χ0) is 80.3. The van der Waals surface area contributed by atoms with Crippen molar-refractivity contribution in [2.45, 2.75) is 426 Å². The van der Waals surface area contributed by atoms with E-state index in [-0.39, 0.29) is 18.9 Å². The van der Waals surface area contributed by atoms with Gasteiger partial charge in [0.1, 0.15) is 73.2 Å². The summed E-state index contributed by atoms with van der Waals surface area (Å²) < 4.78 is 34.6. The zero-order valence-electron chi connectivity index (χ0n) is 68.9. The van der Waals surface area contributed by atoms with Gasteiger partial charge in [-0.3, -0.25) is 4.79 Å². The van der Waals surface area contributed by atoms with E-state index in [4.69, 9.17) is 28.4 Å². The fourth-order valence-corrected chi connectivity index (χ4v) is 14.3. The van der Waals surface area contributed by atoms with Gasteiger partial charge in [-0.1, -0.05) is 347 Å². The summed E-state index contributed by atoms with van der Waals surface area (Å²) in [5.74, 6) is -0.248. The van der Waals surface area contributed by atoms with Crippen molar-refractivity contribution in [3.05, 3.63) is 122 Å². The van der Waals surface area contributed by atoms with Gasteiger partial charge in [0.2, 0.25) is 5.91 Å². The Bertz CT molecular complexity index is 2480. The molecule has 17 unspecified atom stereocenters. The number of unbranched alkanes of at least 4 members (excludes halogenated alkanes) is 34. The molecule has 0 saturated carbocycles. The van der Waals surface area contributed by atoms with Crippen molar-refractivity contribution < 1.29 is 89.4 Å². The molecule has 3 rings (SSSR count). The van der Waals surface area contributed by atoms with Gasteiger partial charge in [-0.25, -0.2) is 0 Å². The quantitative estimate of drug-likeness (QED) is 0.0199. The van der Waals surface area contributed by atoms with Crippen LogP contribution < -0.4 is 5.32 Å². The number of allylic oxidation sites excluding steroid dienone is 20. The fraction of sp³-hybridized carbons (Fsp3) is 0.772. The number of aliphatic hydroxyl groups is 11. The molecule has 0 aromatic rings. The Hall–Kier alpha value is -3.81. The molecule has 19 heteroatoms. The molecule has 0 spiro atoms. The Kier molecular flexibility index (Phi) is 64.3. The Morgan fingerprint density at radius 2 is 0.622 bits per heavy atom. The minimum absolute atomic E-state index is 0.248. The highest BCUT2D eigenvalue weighted by molar-refractivity contribution is 5.76. The average molecular weight is 1570 g/mol. The maximum atomic E-state index is 13.5. The van der Waals surface area contributed by atoms with Gasteiger partial charge in [0.05, 0.1) is 38.6 Å². The van der Waals surface area contributed by atoms with Gasteiger partial charge in [0.25, 0.3) is 0 Å². The van der Waals surface area contributed by atoms with Gasteiger partial charge in [-0.05, 0) is 89.9 Å². The number of carbonyl (C=O) groups excluding carboxylic acids is 1. The number of ether oxygens (including phenoxy) is 6. The van der Waals surface area contributed by atoms with E-state index in [2.05, 4.69) is 141 Å². The van der Waals surface area contributed by atoms with E-state index < -0.39 is 124 Å². The second-order valence-electron chi connectivity index (χ2n) is 31.0. The highest BCUT2D eigenvalue weighted by atomic mass is 16.8. The molecule has 12 N–H and O–H groups in total. The van der Waals surface area contributed by atoms with Crippen molar-refractivity contribution in [3.63, 3.8) is 0 Å². The smallest absolute Gasteiger partial charge is 0.220 e. The second kappa shape index (κ2) is 70.4. The lowest BCUT2D eigenvalue weighted by Gasteiger charge is -2.48. The molecule has 3 saturated heterocycles.